The SMILES string of the molecule is Cc1ccc2c(c1)c1ccccc1n2-c1cc(-c2cc(C#N)cc(C#N)c2)cc(-n2c3ccccc3c3c4oc5ccccc5c4ccc32)c1. The molecule has 3 heterocycles. The Bertz CT molecular complexity index is 3110. The van der Waals surface area contributed by atoms with E-state index in [4.69, 9.17) is 4.42 Å². The smallest absolute Gasteiger partial charge is 0.145 e. The summed E-state index contributed by atoms with van der Waals surface area (Å²) in [5.74, 6) is 0. The molecule has 0 saturated carbocycles. The second-order valence-corrected chi connectivity index (χ2v) is 12.9. The summed E-state index contributed by atoms with van der Waals surface area (Å²) in [6, 6.07) is 52.6. The van der Waals surface area contributed by atoms with E-state index >= 15 is 0 Å². The first-order chi connectivity index (χ1) is 24.6. The number of nitriles is 2. The summed E-state index contributed by atoms with van der Waals surface area (Å²) in [7, 11) is 0. The minimum absolute atomic E-state index is 0.447. The molecule has 10 aromatic rings. The van der Waals surface area contributed by atoms with Crippen molar-refractivity contribution >= 4 is 65.6 Å². The molecule has 0 fully saturated rings. The Morgan fingerprint density at radius 1 is 0.480 bits per heavy atom. The van der Waals surface area contributed by atoms with Crippen LogP contribution in [0.15, 0.2) is 144 Å². The molecule has 50 heavy (non-hydrogen) atoms. The number of aromatic nitrogens is 2. The van der Waals surface area contributed by atoms with Gasteiger partial charge < -0.3 is 13.6 Å². The van der Waals surface area contributed by atoms with E-state index in [1.54, 1.807) is 6.07 Å². The van der Waals surface area contributed by atoms with Crippen LogP contribution >= 0.6 is 0 Å². The first kappa shape index (κ1) is 28.0. The fraction of sp³-hybridized carbons (Fsp3) is 0.0222. The van der Waals surface area contributed by atoms with Crippen molar-refractivity contribution in [2.45, 2.75) is 6.92 Å². The van der Waals surface area contributed by atoms with Crippen molar-refractivity contribution in [2.75, 3.05) is 0 Å². The van der Waals surface area contributed by atoms with Crippen LogP contribution in [-0.2, 0) is 0 Å². The molecule has 0 bridgehead atoms. The van der Waals surface area contributed by atoms with Gasteiger partial charge >= 0.3 is 0 Å². The highest BCUT2D eigenvalue weighted by atomic mass is 16.3. The molecule has 0 amide bonds. The Morgan fingerprint density at radius 2 is 1.06 bits per heavy atom. The zero-order valence-electron chi connectivity index (χ0n) is 27.0. The third-order valence-electron chi connectivity index (χ3n) is 9.95. The van der Waals surface area contributed by atoms with Gasteiger partial charge in [0, 0.05) is 38.3 Å². The second-order valence-electron chi connectivity index (χ2n) is 12.9. The Labute approximate surface area is 286 Å². The summed E-state index contributed by atoms with van der Waals surface area (Å²) >= 11 is 0. The molecule has 7 aromatic carbocycles. The van der Waals surface area contributed by atoms with Gasteiger partial charge in [0.15, 0.2) is 0 Å². The van der Waals surface area contributed by atoms with E-state index < -0.39 is 0 Å². The van der Waals surface area contributed by atoms with Gasteiger partial charge in [-0.1, -0.05) is 66.2 Å². The molecule has 0 saturated heterocycles. The lowest BCUT2D eigenvalue weighted by Gasteiger charge is -2.16. The maximum absolute atomic E-state index is 9.90. The number of nitrogens with zero attached hydrogens (tertiary/aromatic N) is 4. The van der Waals surface area contributed by atoms with Crippen molar-refractivity contribution in [2.24, 2.45) is 0 Å². The van der Waals surface area contributed by atoms with Crippen molar-refractivity contribution in [3.8, 4) is 34.6 Å². The molecule has 0 aliphatic carbocycles. The van der Waals surface area contributed by atoms with Gasteiger partial charge in [0.2, 0.25) is 0 Å². The molecule has 0 aliphatic rings. The summed E-state index contributed by atoms with van der Waals surface area (Å²) < 4.78 is 11.2. The molecule has 5 nitrogen and oxygen atoms in total. The highest BCUT2D eigenvalue weighted by Gasteiger charge is 2.21. The number of hydrogen-bond donors (Lipinski definition) is 0. The van der Waals surface area contributed by atoms with E-state index in [2.05, 4.69) is 131 Å². The molecule has 232 valence electrons. The van der Waals surface area contributed by atoms with Gasteiger partial charge in [0.25, 0.3) is 0 Å². The van der Waals surface area contributed by atoms with E-state index in [0.717, 1.165) is 77.3 Å². The lowest BCUT2D eigenvalue weighted by molar-refractivity contribution is 0.673. The zero-order valence-corrected chi connectivity index (χ0v) is 27.0. The van der Waals surface area contributed by atoms with Gasteiger partial charge in [-0.2, -0.15) is 10.5 Å². The van der Waals surface area contributed by atoms with Gasteiger partial charge in [0.05, 0.1) is 50.7 Å². The van der Waals surface area contributed by atoms with E-state index in [1.165, 1.54) is 16.3 Å². The number of benzene rings is 7. The molecule has 0 atom stereocenters. The van der Waals surface area contributed by atoms with Crippen molar-refractivity contribution in [3.05, 3.63) is 156 Å². The molecular formula is C45H26N4O. The van der Waals surface area contributed by atoms with Gasteiger partial charge in [-0.3, -0.25) is 0 Å². The van der Waals surface area contributed by atoms with Crippen LogP contribution < -0.4 is 0 Å². The van der Waals surface area contributed by atoms with Crippen molar-refractivity contribution in [1.29, 1.82) is 10.5 Å². The number of aryl methyl sites for hydroxylation is 1. The number of rotatable bonds is 3. The van der Waals surface area contributed by atoms with Crippen LogP contribution in [0.25, 0.3) is 88.1 Å². The fourth-order valence-electron chi connectivity index (χ4n) is 7.82. The Morgan fingerprint density at radius 3 is 1.80 bits per heavy atom. The molecule has 0 spiro atoms. The summed E-state index contributed by atoms with van der Waals surface area (Å²) in [6.07, 6.45) is 0. The maximum atomic E-state index is 9.90. The second kappa shape index (κ2) is 10.5. The molecule has 10 rings (SSSR count). The lowest BCUT2D eigenvalue weighted by Crippen LogP contribution is -2.00. The summed E-state index contributed by atoms with van der Waals surface area (Å²) in [5, 5.41) is 26.5. The number of hydrogen-bond acceptors (Lipinski definition) is 3. The molecule has 0 aliphatic heterocycles. The fourth-order valence-corrected chi connectivity index (χ4v) is 7.82. The quantitative estimate of drug-likeness (QED) is 0.193. The predicted octanol–water partition coefficient (Wildman–Crippen LogP) is 11.5. The summed E-state index contributed by atoms with van der Waals surface area (Å²) in [4.78, 5) is 0. The van der Waals surface area contributed by atoms with Crippen LogP contribution in [-0.4, -0.2) is 9.13 Å². The Kier molecular flexibility index (Phi) is 5.85. The third-order valence-corrected chi connectivity index (χ3v) is 9.95. The predicted molar refractivity (Wildman–Crippen MR) is 202 cm³/mol. The molecule has 0 radical (unpaired) electrons. The van der Waals surface area contributed by atoms with Crippen LogP contribution in [0.2, 0.25) is 0 Å². The van der Waals surface area contributed by atoms with Crippen LogP contribution in [0.4, 0.5) is 0 Å². The van der Waals surface area contributed by atoms with Crippen molar-refractivity contribution in [3.63, 3.8) is 0 Å². The lowest BCUT2D eigenvalue weighted by atomic mass is 9.99. The minimum atomic E-state index is 0.447. The van der Waals surface area contributed by atoms with Crippen molar-refractivity contribution < 1.29 is 4.42 Å². The Balaban J connectivity index is 1.35. The van der Waals surface area contributed by atoms with E-state index in [1.807, 2.05) is 30.3 Å². The first-order valence-corrected chi connectivity index (χ1v) is 16.5. The standard InChI is InChI=1S/C45H26N4O/c1-27-14-16-41-38(18-27)34-8-2-5-11-39(34)48(41)32-22-31(30-20-28(25-46)19-29(21-30)26-47)23-33(24-32)49-40-12-6-3-10-37(40)44-42(49)17-15-36-35-9-4-7-13-43(35)50-45(36)44/h2-24H,1H3. The average molecular weight is 639 g/mol. The van der Waals surface area contributed by atoms with Crippen LogP contribution in [0.5, 0.6) is 0 Å². The van der Waals surface area contributed by atoms with Gasteiger partial charge in [-0.05, 0) is 96.9 Å². The normalized spacial score (nSPS) is 11.7. The Hall–Kier alpha value is -7.08. The van der Waals surface area contributed by atoms with Crippen LogP contribution in [0.3, 0.4) is 0 Å². The molecular weight excluding hydrogens is 613 g/mol. The minimum Gasteiger partial charge on any atom is -0.455 e. The van der Waals surface area contributed by atoms with Gasteiger partial charge in [0.1, 0.15) is 11.2 Å². The van der Waals surface area contributed by atoms with E-state index in [9.17, 15) is 10.5 Å². The topological polar surface area (TPSA) is 70.6 Å². The highest BCUT2D eigenvalue weighted by molar-refractivity contribution is 6.24. The summed E-state index contributed by atoms with van der Waals surface area (Å²) in [5.41, 5.74) is 11.8. The van der Waals surface area contributed by atoms with E-state index in [-0.39, 0.29) is 0 Å². The van der Waals surface area contributed by atoms with Gasteiger partial charge in [-0.25, -0.2) is 0 Å². The van der Waals surface area contributed by atoms with E-state index in [0.29, 0.717) is 11.1 Å². The molecule has 0 unspecified atom stereocenters. The highest BCUT2D eigenvalue weighted by Crippen LogP contribution is 2.42. The largest absolute Gasteiger partial charge is 0.455 e. The van der Waals surface area contributed by atoms with Crippen LogP contribution in [0, 0.1) is 29.6 Å². The average Bonchev–Trinajstić information content (AvgIpc) is 3.82. The third kappa shape index (κ3) is 3.99. The number of para-hydroxylation sites is 3. The van der Waals surface area contributed by atoms with Crippen LogP contribution in [0.1, 0.15) is 16.7 Å². The maximum Gasteiger partial charge on any atom is 0.145 e. The molecule has 0 N–H and O–H groups in total. The van der Waals surface area contributed by atoms with Crippen molar-refractivity contribution in [1.82, 2.24) is 9.13 Å². The number of fused-ring (bicyclic) bond motifs is 10. The zero-order chi connectivity index (χ0) is 33.5. The number of furan rings is 1. The van der Waals surface area contributed by atoms with Gasteiger partial charge in [-0.15, -0.1) is 0 Å². The monoisotopic (exact) mass is 638 g/mol. The molecule has 5 heteroatoms. The molecule has 3 aromatic heterocycles. The summed E-state index contributed by atoms with van der Waals surface area (Å²) in [6.45, 7) is 2.13. The first-order valence-electron chi connectivity index (χ1n) is 16.5.